The highest BCUT2D eigenvalue weighted by molar-refractivity contribution is 5.27. The largest absolute Gasteiger partial charge is 0.508 e. The van der Waals surface area contributed by atoms with Crippen LogP contribution in [0.15, 0.2) is 29.1 Å². The van der Waals surface area contributed by atoms with E-state index in [0.29, 0.717) is 12.3 Å². The molecule has 0 radical (unpaired) electrons. The molecule has 0 saturated carbocycles. The molecule has 1 N–H and O–H groups in total. The van der Waals surface area contributed by atoms with Crippen LogP contribution in [0.2, 0.25) is 0 Å². The van der Waals surface area contributed by atoms with Crippen LogP contribution < -0.4 is 5.69 Å². The Bertz CT molecular complexity index is 734. The number of phenolic OH excluding ortho intramolecular Hbond substituents is 1. The molecule has 0 unspecified atom stereocenters. The van der Waals surface area contributed by atoms with Gasteiger partial charge in [0.2, 0.25) is 0 Å². The summed E-state index contributed by atoms with van der Waals surface area (Å²) in [6, 6.07) is 7.41. The summed E-state index contributed by atoms with van der Waals surface area (Å²) >= 11 is 0. The highest BCUT2D eigenvalue weighted by atomic mass is 16.3. The SMILES string of the molecule is CCn1c([C@@H]2CCCN(Cc3cccc(O)c3)C2)nn(C)c1=O. The van der Waals surface area contributed by atoms with Gasteiger partial charge in [-0.05, 0) is 44.0 Å². The molecule has 23 heavy (non-hydrogen) atoms. The molecule has 1 aromatic heterocycles. The summed E-state index contributed by atoms with van der Waals surface area (Å²) < 4.78 is 3.22. The van der Waals surface area contributed by atoms with Crippen LogP contribution >= 0.6 is 0 Å². The van der Waals surface area contributed by atoms with Crippen LogP contribution in [0.3, 0.4) is 0 Å². The minimum absolute atomic E-state index is 0.0346. The van der Waals surface area contributed by atoms with Crippen LogP contribution in [-0.4, -0.2) is 37.4 Å². The fraction of sp³-hybridized carbons (Fsp3) is 0.529. The second-order valence-electron chi connectivity index (χ2n) is 6.25. The van der Waals surface area contributed by atoms with Gasteiger partial charge in [0.05, 0.1) is 0 Å². The predicted octanol–water partition coefficient (Wildman–Crippen LogP) is 1.69. The average molecular weight is 316 g/mol. The number of aromatic nitrogens is 3. The lowest BCUT2D eigenvalue weighted by Crippen LogP contribution is -2.35. The van der Waals surface area contributed by atoms with E-state index in [-0.39, 0.29) is 11.6 Å². The van der Waals surface area contributed by atoms with Gasteiger partial charge in [0.15, 0.2) is 0 Å². The van der Waals surface area contributed by atoms with Crippen molar-refractivity contribution in [2.75, 3.05) is 13.1 Å². The van der Waals surface area contributed by atoms with Gasteiger partial charge in [-0.1, -0.05) is 12.1 Å². The van der Waals surface area contributed by atoms with Crippen molar-refractivity contribution in [3.8, 4) is 5.75 Å². The molecule has 1 aliphatic rings. The van der Waals surface area contributed by atoms with Gasteiger partial charge in [0.25, 0.3) is 0 Å². The molecule has 124 valence electrons. The Balaban J connectivity index is 1.76. The van der Waals surface area contributed by atoms with Crippen molar-refractivity contribution in [3.05, 3.63) is 46.1 Å². The number of aryl methyl sites for hydroxylation is 1. The molecule has 1 fully saturated rings. The Labute approximate surface area is 136 Å². The first-order chi connectivity index (χ1) is 11.1. The third kappa shape index (κ3) is 3.32. The maximum atomic E-state index is 12.1. The van der Waals surface area contributed by atoms with Gasteiger partial charge in [-0.25, -0.2) is 9.48 Å². The number of phenols is 1. The van der Waals surface area contributed by atoms with Crippen molar-refractivity contribution >= 4 is 0 Å². The molecule has 0 spiro atoms. The molecular weight excluding hydrogens is 292 g/mol. The van der Waals surface area contributed by atoms with Crippen LogP contribution in [0.1, 0.15) is 37.1 Å². The summed E-state index contributed by atoms with van der Waals surface area (Å²) in [7, 11) is 1.71. The molecule has 6 heteroatoms. The zero-order valence-corrected chi connectivity index (χ0v) is 13.8. The van der Waals surface area contributed by atoms with E-state index in [1.807, 2.05) is 25.1 Å². The Kier molecular flexibility index (Phi) is 4.52. The Morgan fingerprint density at radius 1 is 1.39 bits per heavy atom. The van der Waals surface area contributed by atoms with Crippen LogP contribution in [0.25, 0.3) is 0 Å². The van der Waals surface area contributed by atoms with E-state index in [4.69, 9.17) is 0 Å². The zero-order valence-electron chi connectivity index (χ0n) is 13.8. The quantitative estimate of drug-likeness (QED) is 0.932. The van der Waals surface area contributed by atoms with Crippen molar-refractivity contribution < 1.29 is 5.11 Å². The molecule has 1 saturated heterocycles. The van der Waals surface area contributed by atoms with E-state index in [0.717, 1.165) is 43.9 Å². The van der Waals surface area contributed by atoms with Crippen molar-refractivity contribution in [1.29, 1.82) is 0 Å². The molecule has 2 heterocycles. The molecular formula is C17H24N4O2. The molecule has 2 aromatic rings. The number of benzene rings is 1. The Morgan fingerprint density at radius 3 is 2.96 bits per heavy atom. The third-order valence-electron chi connectivity index (χ3n) is 4.54. The summed E-state index contributed by atoms with van der Waals surface area (Å²) in [5.74, 6) is 1.50. The monoisotopic (exact) mass is 316 g/mol. The number of likely N-dealkylation sites (tertiary alicyclic amines) is 1. The number of aromatic hydroxyl groups is 1. The van der Waals surface area contributed by atoms with E-state index in [9.17, 15) is 9.90 Å². The molecule has 1 aromatic carbocycles. The predicted molar refractivity (Wildman–Crippen MR) is 88.5 cm³/mol. The van der Waals surface area contributed by atoms with E-state index in [1.54, 1.807) is 17.7 Å². The molecule has 3 rings (SSSR count). The summed E-state index contributed by atoms with van der Waals surface area (Å²) in [6.07, 6.45) is 2.16. The van der Waals surface area contributed by atoms with E-state index < -0.39 is 0 Å². The van der Waals surface area contributed by atoms with Crippen molar-refractivity contribution in [2.24, 2.45) is 7.05 Å². The summed E-state index contributed by atoms with van der Waals surface area (Å²) in [4.78, 5) is 14.5. The number of hydrogen-bond donors (Lipinski definition) is 1. The van der Waals surface area contributed by atoms with E-state index in [2.05, 4.69) is 10.00 Å². The number of rotatable bonds is 4. The molecule has 6 nitrogen and oxygen atoms in total. The van der Waals surface area contributed by atoms with Crippen molar-refractivity contribution in [3.63, 3.8) is 0 Å². The number of nitrogens with zero attached hydrogens (tertiary/aromatic N) is 4. The van der Waals surface area contributed by atoms with Gasteiger partial charge in [-0.3, -0.25) is 9.47 Å². The fourth-order valence-corrected chi connectivity index (χ4v) is 3.45. The van der Waals surface area contributed by atoms with Gasteiger partial charge < -0.3 is 5.11 Å². The van der Waals surface area contributed by atoms with E-state index >= 15 is 0 Å². The molecule has 0 amide bonds. The van der Waals surface area contributed by atoms with Crippen LogP contribution in [-0.2, 0) is 20.1 Å². The topological polar surface area (TPSA) is 63.3 Å². The third-order valence-corrected chi connectivity index (χ3v) is 4.54. The smallest absolute Gasteiger partial charge is 0.345 e. The van der Waals surface area contributed by atoms with Gasteiger partial charge in [0, 0.05) is 32.6 Å². The van der Waals surface area contributed by atoms with Gasteiger partial charge in [-0.2, -0.15) is 5.10 Å². The standard InChI is InChI=1S/C17H24N4O2/c1-3-21-16(18-19(2)17(21)23)14-7-5-9-20(12-14)11-13-6-4-8-15(22)10-13/h4,6,8,10,14,22H,3,5,7,9,11-12H2,1-2H3/t14-/m1/s1. The first kappa shape index (κ1) is 15.8. The van der Waals surface area contributed by atoms with Crippen LogP contribution in [0.5, 0.6) is 5.75 Å². The summed E-state index contributed by atoms with van der Waals surface area (Å²) in [6.45, 7) is 5.39. The van der Waals surface area contributed by atoms with Crippen molar-refractivity contribution in [2.45, 2.75) is 38.8 Å². The lowest BCUT2D eigenvalue weighted by Gasteiger charge is -2.32. The molecule has 1 atom stereocenters. The normalized spacial score (nSPS) is 19.1. The maximum Gasteiger partial charge on any atom is 0.345 e. The average Bonchev–Trinajstić information content (AvgIpc) is 2.82. The summed E-state index contributed by atoms with van der Waals surface area (Å²) in [5.41, 5.74) is 1.08. The lowest BCUT2D eigenvalue weighted by atomic mass is 9.96. The van der Waals surface area contributed by atoms with Gasteiger partial charge in [-0.15, -0.1) is 0 Å². The van der Waals surface area contributed by atoms with Gasteiger partial charge >= 0.3 is 5.69 Å². The molecule has 0 aliphatic carbocycles. The fourth-order valence-electron chi connectivity index (χ4n) is 3.45. The Morgan fingerprint density at radius 2 is 2.22 bits per heavy atom. The Hall–Kier alpha value is -2.08. The first-order valence-electron chi connectivity index (χ1n) is 8.22. The minimum Gasteiger partial charge on any atom is -0.508 e. The first-order valence-corrected chi connectivity index (χ1v) is 8.22. The van der Waals surface area contributed by atoms with E-state index in [1.165, 1.54) is 4.68 Å². The minimum atomic E-state index is -0.0346. The van der Waals surface area contributed by atoms with Crippen LogP contribution in [0, 0.1) is 0 Å². The molecule has 0 bridgehead atoms. The van der Waals surface area contributed by atoms with Crippen molar-refractivity contribution in [1.82, 2.24) is 19.2 Å². The highest BCUT2D eigenvalue weighted by Crippen LogP contribution is 2.26. The molecule has 1 aliphatic heterocycles. The summed E-state index contributed by atoms with van der Waals surface area (Å²) in [5, 5.41) is 14.1. The highest BCUT2D eigenvalue weighted by Gasteiger charge is 2.26. The van der Waals surface area contributed by atoms with Gasteiger partial charge in [0.1, 0.15) is 11.6 Å². The number of piperidine rings is 1. The lowest BCUT2D eigenvalue weighted by molar-refractivity contribution is 0.194. The zero-order chi connectivity index (χ0) is 16.4. The number of hydrogen-bond acceptors (Lipinski definition) is 4. The maximum absolute atomic E-state index is 12.1. The second kappa shape index (κ2) is 6.58. The van der Waals surface area contributed by atoms with Crippen LogP contribution in [0.4, 0.5) is 0 Å². The second-order valence-corrected chi connectivity index (χ2v) is 6.25.